The Morgan fingerprint density at radius 3 is 2.06 bits per heavy atom. The molecule has 0 saturated carbocycles. The lowest BCUT2D eigenvalue weighted by molar-refractivity contribution is 1.06. The molecule has 0 atom stereocenters. The monoisotopic (exact) mass is 244 g/mol. The molecule has 17 heavy (non-hydrogen) atoms. The zero-order chi connectivity index (χ0) is 12.3. The Bertz CT molecular complexity index is 506. The van der Waals surface area contributed by atoms with Crippen LogP contribution in [0.1, 0.15) is 16.7 Å². The van der Waals surface area contributed by atoms with Crippen LogP contribution in [0, 0.1) is 0 Å². The van der Waals surface area contributed by atoms with E-state index in [1.54, 1.807) is 0 Å². The Morgan fingerprint density at radius 2 is 1.47 bits per heavy atom. The highest BCUT2D eigenvalue weighted by atomic mass is 32.1. The second kappa shape index (κ2) is 5.25. The van der Waals surface area contributed by atoms with Gasteiger partial charge in [0.2, 0.25) is 0 Å². The molecule has 0 unspecified atom stereocenters. The molecule has 0 heterocycles. The van der Waals surface area contributed by atoms with Crippen molar-refractivity contribution in [1.82, 2.24) is 0 Å². The second-order valence-corrected chi connectivity index (χ2v) is 4.57. The summed E-state index contributed by atoms with van der Waals surface area (Å²) in [7, 11) is 0. The van der Waals surface area contributed by atoms with Crippen LogP contribution < -0.4 is 11.5 Å². The summed E-state index contributed by atoms with van der Waals surface area (Å²) in [5.41, 5.74) is 15.6. The molecule has 0 spiro atoms. The van der Waals surface area contributed by atoms with Crippen molar-refractivity contribution in [3.63, 3.8) is 0 Å². The maximum atomic E-state index is 5.73. The van der Waals surface area contributed by atoms with E-state index >= 15 is 0 Å². The SMILES string of the molecule is NCc1ccc(Cc2ccc(N)c(S)c2)cc1. The maximum Gasteiger partial charge on any atom is 0.0449 e. The van der Waals surface area contributed by atoms with Crippen LogP contribution in [0.15, 0.2) is 47.4 Å². The van der Waals surface area contributed by atoms with Crippen LogP contribution in [0.3, 0.4) is 0 Å². The molecule has 0 amide bonds. The topological polar surface area (TPSA) is 52.0 Å². The van der Waals surface area contributed by atoms with Gasteiger partial charge < -0.3 is 11.5 Å². The van der Waals surface area contributed by atoms with E-state index in [9.17, 15) is 0 Å². The van der Waals surface area contributed by atoms with E-state index in [0.717, 1.165) is 22.6 Å². The number of benzene rings is 2. The quantitative estimate of drug-likeness (QED) is 0.574. The fourth-order valence-corrected chi connectivity index (χ4v) is 1.97. The van der Waals surface area contributed by atoms with Gasteiger partial charge in [0.05, 0.1) is 0 Å². The number of anilines is 1. The molecule has 3 heteroatoms. The smallest absolute Gasteiger partial charge is 0.0449 e. The Hall–Kier alpha value is -1.45. The van der Waals surface area contributed by atoms with Crippen LogP contribution in [0.2, 0.25) is 0 Å². The molecule has 0 saturated heterocycles. The maximum absolute atomic E-state index is 5.73. The van der Waals surface area contributed by atoms with Crippen molar-refractivity contribution in [1.29, 1.82) is 0 Å². The average Bonchev–Trinajstić information content (AvgIpc) is 2.35. The predicted octanol–water partition coefficient (Wildman–Crippen LogP) is 2.61. The first-order valence-corrected chi connectivity index (χ1v) is 5.99. The van der Waals surface area contributed by atoms with Crippen molar-refractivity contribution < 1.29 is 0 Å². The van der Waals surface area contributed by atoms with E-state index in [4.69, 9.17) is 11.5 Å². The molecule has 0 aliphatic rings. The minimum Gasteiger partial charge on any atom is -0.398 e. The molecule has 0 bridgehead atoms. The van der Waals surface area contributed by atoms with Crippen LogP contribution in [-0.4, -0.2) is 0 Å². The van der Waals surface area contributed by atoms with E-state index in [2.05, 4.69) is 36.9 Å². The lowest BCUT2D eigenvalue weighted by Gasteiger charge is -2.05. The molecule has 0 fully saturated rings. The molecule has 4 N–H and O–H groups in total. The van der Waals surface area contributed by atoms with E-state index in [1.807, 2.05) is 18.2 Å². The van der Waals surface area contributed by atoms with Crippen LogP contribution in [0.4, 0.5) is 5.69 Å². The number of hydrogen-bond donors (Lipinski definition) is 3. The van der Waals surface area contributed by atoms with Crippen LogP contribution in [-0.2, 0) is 13.0 Å². The van der Waals surface area contributed by atoms with Crippen LogP contribution >= 0.6 is 12.6 Å². The fraction of sp³-hybridized carbons (Fsp3) is 0.143. The zero-order valence-electron chi connectivity index (χ0n) is 9.56. The summed E-state index contributed by atoms with van der Waals surface area (Å²) >= 11 is 4.32. The molecule has 2 aromatic rings. The second-order valence-electron chi connectivity index (χ2n) is 4.09. The van der Waals surface area contributed by atoms with Crippen molar-refractivity contribution in [3.8, 4) is 0 Å². The summed E-state index contributed by atoms with van der Waals surface area (Å²) in [5, 5.41) is 0. The Labute approximate surface area is 107 Å². The van der Waals surface area contributed by atoms with Crippen LogP contribution in [0.5, 0.6) is 0 Å². The summed E-state index contributed by atoms with van der Waals surface area (Å²) in [6.07, 6.45) is 0.888. The van der Waals surface area contributed by atoms with Crippen LogP contribution in [0.25, 0.3) is 0 Å². The first-order valence-electron chi connectivity index (χ1n) is 5.54. The molecular weight excluding hydrogens is 228 g/mol. The van der Waals surface area contributed by atoms with Crippen molar-refractivity contribution in [2.24, 2.45) is 5.73 Å². The van der Waals surface area contributed by atoms with E-state index in [-0.39, 0.29) is 0 Å². The summed E-state index contributed by atoms with van der Waals surface area (Å²) in [6.45, 7) is 0.586. The Balaban J connectivity index is 2.16. The van der Waals surface area contributed by atoms with Gasteiger partial charge in [-0.25, -0.2) is 0 Å². The van der Waals surface area contributed by atoms with Crippen molar-refractivity contribution >= 4 is 18.3 Å². The Kier molecular flexibility index (Phi) is 3.71. The third-order valence-corrected chi connectivity index (χ3v) is 3.15. The van der Waals surface area contributed by atoms with Gasteiger partial charge in [0.15, 0.2) is 0 Å². The first-order chi connectivity index (χ1) is 8.19. The summed E-state index contributed by atoms with van der Waals surface area (Å²) in [5.74, 6) is 0. The minimum atomic E-state index is 0.586. The lowest BCUT2D eigenvalue weighted by atomic mass is 10.0. The zero-order valence-corrected chi connectivity index (χ0v) is 10.5. The average molecular weight is 244 g/mol. The highest BCUT2D eigenvalue weighted by Crippen LogP contribution is 2.20. The van der Waals surface area contributed by atoms with E-state index in [1.165, 1.54) is 11.1 Å². The predicted molar refractivity (Wildman–Crippen MR) is 75.2 cm³/mol. The molecule has 0 radical (unpaired) electrons. The number of rotatable bonds is 3. The molecule has 0 aliphatic carbocycles. The largest absolute Gasteiger partial charge is 0.398 e. The van der Waals surface area contributed by atoms with Gasteiger partial charge in [0, 0.05) is 17.1 Å². The third-order valence-electron chi connectivity index (χ3n) is 2.76. The minimum absolute atomic E-state index is 0.586. The van der Waals surface area contributed by atoms with Gasteiger partial charge in [-0.15, -0.1) is 12.6 Å². The summed E-state index contributed by atoms with van der Waals surface area (Å²) in [4.78, 5) is 0.834. The van der Waals surface area contributed by atoms with Gasteiger partial charge in [-0.3, -0.25) is 0 Å². The standard InChI is InChI=1S/C14H16N2S/c15-9-11-3-1-10(2-4-11)7-12-5-6-13(16)14(17)8-12/h1-6,8,17H,7,9,15-16H2. The lowest BCUT2D eigenvalue weighted by Crippen LogP contribution is -1.96. The fourth-order valence-electron chi connectivity index (χ4n) is 1.73. The molecular formula is C14H16N2S. The normalized spacial score (nSPS) is 10.5. The summed E-state index contributed by atoms with van der Waals surface area (Å²) in [6, 6.07) is 14.3. The van der Waals surface area contributed by atoms with Gasteiger partial charge in [-0.05, 0) is 35.2 Å². The van der Waals surface area contributed by atoms with Gasteiger partial charge >= 0.3 is 0 Å². The van der Waals surface area contributed by atoms with E-state index < -0.39 is 0 Å². The van der Waals surface area contributed by atoms with Gasteiger partial charge in [0.1, 0.15) is 0 Å². The first kappa shape index (κ1) is 12.0. The van der Waals surface area contributed by atoms with Gasteiger partial charge in [0.25, 0.3) is 0 Å². The van der Waals surface area contributed by atoms with E-state index in [0.29, 0.717) is 6.54 Å². The number of thiol groups is 1. The molecule has 2 aromatic carbocycles. The van der Waals surface area contributed by atoms with Gasteiger partial charge in [-0.1, -0.05) is 30.3 Å². The third kappa shape index (κ3) is 3.02. The summed E-state index contributed by atoms with van der Waals surface area (Å²) < 4.78 is 0. The van der Waals surface area contributed by atoms with Crippen molar-refractivity contribution in [2.45, 2.75) is 17.9 Å². The van der Waals surface area contributed by atoms with Gasteiger partial charge in [-0.2, -0.15) is 0 Å². The van der Waals surface area contributed by atoms with Crippen molar-refractivity contribution in [3.05, 3.63) is 59.2 Å². The number of nitrogen functional groups attached to an aromatic ring is 1. The highest BCUT2D eigenvalue weighted by Gasteiger charge is 2.00. The molecule has 2 rings (SSSR count). The Morgan fingerprint density at radius 1 is 0.882 bits per heavy atom. The number of hydrogen-bond acceptors (Lipinski definition) is 3. The molecule has 88 valence electrons. The number of nitrogens with two attached hydrogens (primary N) is 2. The molecule has 2 nitrogen and oxygen atoms in total. The molecule has 0 aromatic heterocycles. The highest BCUT2D eigenvalue weighted by molar-refractivity contribution is 7.80. The van der Waals surface area contributed by atoms with Crippen molar-refractivity contribution in [2.75, 3.05) is 5.73 Å². The molecule has 0 aliphatic heterocycles.